The summed E-state index contributed by atoms with van der Waals surface area (Å²) in [5.74, 6) is 0.450. The summed E-state index contributed by atoms with van der Waals surface area (Å²) in [5, 5.41) is 9.39. The van der Waals surface area contributed by atoms with Crippen LogP contribution in [-0.2, 0) is 11.4 Å². The lowest BCUT2D eigenvalue weighted by atomic mass is 9.93. The van der Waals surface area contributed by atoms with Crippen molar-refractivity contribution in [3.63, 3.8) is 0 Å². The molecule has 3 rings (SSSR count). The number of carboxylic acid groups (broad SMARTS) is 1. The van der Waals surface area contributed by atoms with E-state index in [1.165, 1.54) is 0 Å². The summed E-state index contributed by atoms with van der Waals surface area (Å²) < 4.78 is 11.5. The summed E-state index contributed by atoms with van der Waals surface area (Å²) in [7, 11) is 1.65. The van der Waals surface area contributed by atoms with E-state index < -0.39 is 5.97 Å². The van der Waals surface area contributed by atoms with E-state index >= 15 is 0 Å². The van der Waals surface area contributed by atoms with Gasteiger partial charge in [-0.1, -0.05) is 43.3 Å². The minimum atomic E-state index is -0.693. The van der Waals surface area contributed by atoms with Crippen molar-refractivity contribution >= 4 is 5.97 Å². The zero-order valence-electron chi connectivity index (χ0n) is 16.6. The van der Waals surface area contributed by atoms with E-state index in [4.69, 9.17) is 9.47 Å². The molecule has 5 nitrogen and oxygen atoms in total. The summed E-state index contributed by atoms with van der Waals surface area (Å²) in [6, 6.07) is 16.3. The highest BCUT2D eigenvalue weighted by Gasteiger charge is 2.30. The van der Waals surface area contributed by atoms with Crippen LogP contribution in [0.1, 0.15) is 43.4 Å². The van der Waals surface area contributed by atoms with Crippen molar-refractivity contribution in [2.45, 2.75) is 38.8 Å². The standard InChI is InChI=1S/C23H29NO4/c1-3-20(24-13-7-10-19(15-24)23(25)26)18-11-12-21(22(14-18)27-2)28-16-17-8-5-4-6-9-17/h4-6,8-9,11-12,14,19-20H,3,7,10,13,15-16H2,1-2H3,(H,25,26). The van der Waals surface area contributed by atoms with Gasteiger partial charge >= 0.3 is 5.97 Å². The predicted molar refractivity (Wildman–Crippen MR) is 109 cm³/mol. The van der Waals surface area contributed by atoms with E-state index in [0.29, 0.717) is 24.7 Å². The molecule has 28 heavy (non-hydrogen) atoms. The third-order valence-corrected chi connectivity index (χ3v) is 5.44. The maximum Gasteiger partial charge on any atom is 0.307 e. The minimum Gasteiger partial charge on any atom is -0.493 e. The number of nitrogens with zero attached hydrogens (tertiary/aromatic N) is 1. The van der Waals surface area contributed by atoms with Crippen molar-refractivity contribution < 1.29 is 19.4 Å². The lowest BCUT2D eigenvalue weighted by Gasteiger charge is -2.37. The molecule has 1 fully saturated rings. The normalized spacial score (nSPS) is 18.4. The molecule has 1 aliphatic heterocycles. The third kappa shape index (κ3) is 4.84. The van der Waals surface area contributed by atoms with E-state index in [2.05, 4.69) is 17.9 Å². The molecule has 150 valence electrons. The number of hydrogen-bond acceptors (Lipinski definition) is 4. The molecule has 1 aliphatic rings. The Morgan fingerprint density at radius 1 is 1.21 bits per heavy atom. The van der Waals surface area contributed by atoms with E-state index in [9.17, 15) is 9.90 Å². The van der Waals surface area contributed by atoms with Gasteiger partial charge in [0.05, 0.1) is 13.0 Å². The SMILES string of the molecule is CCC(c1ccc(OCc2ccccc2)c(OC)c1)N1CCCC(C(=O)O)C1. The first-order valence-electron chi connectivity index (χ1n) is 9.94. The van der Waals surface area contributed by atoms with Crippen LogP contribution in [0.3, 0.4) is 0 Å². The summed E-state index contributed by atoms with van der Waals surface area (Å²) in [6.45, 7) is 4.15. The quantitative estimate of drug-likeness (QED) is 0.726. The molecule has 0 spiro atoms. The Labute approximate surface area is 166 Å². The maximum absolute atomic E-state index is 11.4. The van der Waals surface area contributed by atoms with E-state index in [-0.39, 0.29) is 12.0 Å². The Bertz CT molecular complexity index is 777. The van der Waals surface area contributed by atoms with Crippen LogP contribution in [0, 0.1) is 5.92 Å². The Hall–Kier alpha value is -2.53. The maximum atomic E-state index is 11.4. The molecule has 0 aromatic heterocycles. The number of piperidine rings is 1. The van der Waals surface area contributed by atoms with Crippen LogP contribution in [0.4, 0.5) is 0 Å². The molecule has 2 atom stereocenters. The average molecular weight is 383 g/mol. The second kappa shape index (κ2) is 9.60. The lowest BCUT2D eigenvalue weighted by Crippen LogP contribution is -2.40. The molecule has 1 heterocycles. The highest BCUT2D eigenvalue weighted by molar-refractivity contribution is 5.70. The van der Waals surface area contributed by atoms with Gasteiger partial charge in [-0.15, -0.1) is 0 Å². The monoisotopic (exact) mass is 383 g/mol. The molecule has 1 N–H and O–H groups in total. The van der Waals surface area contributed by atoms with Crippen molar-refractivity contribution in [2.75, 3.05) is 20.2 Å². The van der Waals surface area contributed by atoms with Crippen LogP contribution >= 0.6 is 0 Å². The van der Waals surface area contributed by atoms with Crippen molar-refractivity contribution in [1.82, 2.24) is 4.90 Å². The number of hydrogen-bond donors (Lipinski definition) is 1. The molecule has 1 saturated heterocycles. The van der Waals surface area contributed by atoms with Crippen LogP contribution in [-0.4, -0.2) is 36.2 Å². The zero-order chi connectivity index (χ0) is 19.9. The molecule has 0 bridgehead atoms. The Kier molecular flexibility index (Phi) is 6.93. The number of likely N-dealkylation sites (tertiary alicyclic amines) is 1. The molecule has 2 unspecified atom stereocenters. The summed E-state index contributed by atoms with van der Waals surface area (Å²) >= 11 is 0. The number of aliphatic carboxylic acids is 1. The van der Waals surface area contributed by atoms with Gasteiger partial charge < -0.3 is 14.6 Å². The topological polar surface area (TPSA) is 59.0 Å². The number of carbonyl (C=O) groups is 1. The fourth-order valence-corrected chi connectivity index (χ4v) is 3.94. The summed E-state index contributed by atoms with van der Waals surface area (Å²) in [4.78, 5) is 13.7. The Balaban J connectivity index is 1.74. The van der Waals surface area contributed by atoms with Crippen LogP contribution in [0.25, 0.3) is 0 Å². The first kappa shape index (κ1) is 20.2. The largest absolute Gasteiger partial charge is 0.493 e. The first-order chi connectivity index (χ1) is 13.6. The van der Waals surface area contributed by atoms with E-state index in [0.717, 1.165) is 36.9 Å². The fourth-order valence-electron chi connectivity index (χ4n) is 3.94. The van der Waals surface area contributed by atoms with Gasteiger partial charge in [0.1, 0.15) is 6.61 Å². The zero-order valence-corrected chi connectivity index (χ0v) is 16.6. The molecular weight excluding hydrogens is 354 g/mol. The Morgan fingerprint density at radius 3 is 2.68 bits per heavy atom. The molecule has 0 saturated carbocycles. The van der Waals surface area contributed by atoms with Crippen LogP contribution in [0.2, 0.25) is 0 Å². The first-order valence-corrected chi connectivity index (χ1v) is 9.94. The van der Waals surface area contributed by atoms with Gasteiger partial charge in [-0.3, -0.25) is 9.69 Å². The third-order valence-electron chi connectivity index (χ3n) is 5.44. The number of ether oxygens (including phenoxy) is 2. The summed E-state index contributed by atoms with van der Waals surface area (Å²) in [5.41, 5.74) is 2.24. The molecule has 0 amide bonds. The van der Waals surface area contributed by atoms with Gasteiger partial charge in [0.2, 0.25) is 0 Å². The average Bonchev–Trinajstić information content (AvgIpc) is 2.74. The van der Waals surface area contributed by atoms with Crippen molar-refractivity contribution in [1.29, 1.82) is 0 Å². The second-order valence-corrected chi connectivity index (χ2v) is 7.28. The molecule has 0 radical (unpaired) electrons. The van der Waals surface area contributed by atoms with E-state index in [1.54, 1.807) is 7.11 Å². The fraction of sp³-hybridized carbons (Fsp3) is 0.435. The van der Waals surface area contributed by atoms with Gasteiger partial charge in [-0.25, -0.2) is 0 Å². The molecule has 2 aromatic rings. The molecule has 5 heteroatoms. The smallest absolute Gasteiger partial charge is 0.307 e. The number of methoxy groups -OCH3 is 1. The molecule has 0 aliphatic carbocycles. The molecule has 2 aromatic carbocycles. The minimum absolute atomic E-state index is 0.180. The summed E-state index contributed by atoms with van der Waals surface area (Å²) in [6.07, 6.45) is 2.60. The highest BCUT2D eigenvalue weighted by atomic mass is 16.5. The van der Waals surface area contributed by atoms with Gasteiger partial charge in [0.15, 0.2) is 11.5 Å². The second-order valence-electron chi connectivity index (χ2n) is 7.28. The van der Waals surface area contributed by atoms with Gasteiger partial charge in [0, 0.05) is 12.6 Å². The predicted octanol–water partition coefficient (Wildman–Crippen LogP) is 4.52. The Morgan fingerprint density at radius 2 is 2.00 bits per heavy atom. The van der Waals surface area contributed by atoms with E-state index in [1.807, 2.05) is 42.5 Å². The number of benzene rings is 2. The van der Waals surface area contributed by atoms with Gasteiger partial charge in [-0.2, -0.15) is 0 Å². The number of carboxylic acids is 1. The van der Waals surface area contributed by atoms with Crippen LogP contribution in [0.5, 0.6) is 11.5 Å². The highest BCUT2D eigenvalue weighted by Crippen LogP contribution is 2.35. The van der Waals surface area contributed by atoms with Crippen LogP contribution < -0.4 is 9.47 Å². The van der Waals surface area contributed by atoms with Crippen LogP contribution in [0.15, 0.2) is 48.5 Å². The number of rotatable bonds is 8. The van der Waals surface area contributed by atoms with Crippen molar-refractivity contribution in [3.05, 3.63) is 59.7 Å². The van der Waals surface area contributed by atoms with Crippen molar-refractivity contribution in [3.8, 4) is 11.5 Å². The van der Waals surface area contributed by atoms with Gasteiger partial charge in [0.25, 0.3) is 0 Å². The van der Waals surface area contributed by atoms with Crippen molar-refractivity contribution in [2.24, 2.45) is 5.92 Å². The molecular formula is C23H29NO4. The van der Waals surface area contributed by atoms with Gasteiger partial charge in [-0.05, 0) is 49.1 Å². The lowest BCUT2D eigenvalue weighted by molar-refractivity contribution is -0.144.